The molecule has 0 amide bonds. The Morgan fingerprint density at radius 1 is 1.26 bits per heavy atom. The zero-order valence-corrected chi connectivity index (χ0v) is 18.1. The van der Waals surface area contributed by atoms with E-state index in [1.165, 1.54) is 31.5 Å². The van der Waals surface area contributed by atoms with E-state index in [4.69, 9.17) is 5.11 Å². The van der Waals surface area contributed by atoms with E-state index in [2.05, 4.69) is 28.4 Å². The van der Waals surface area contributed by atoms with Crippen molar-refractivity contribution in [2.75, 3.05) is 31.1 Å². The minimum Gasteiger partial charge on any atom is -0.449 e. The number of nitrogens with zero attached hydrogens (tertiary/aromatic N) is 3. The van der Waals surface area contributed by atoms with Gasteiger partial charge in [-0.1, -0.05) is 19.8 Å². The van der Waals surface area contributed by atoms with Crippen molar-refractivity contribution in [2.24, 2.45) is 0 Å². The normalized spacial score (nSPS) is 19.7. The summed E-state index contributed by atoms with van der Waals surface area (Å²) >= 11 is 0. The summed E-state index contributed by atoms with van der Waals surface area (Å²) in [6.07, 6.45) is 5.36. The molecule has 1 unspecified atom stereocenters. The summed E-state index contributed by atoms with van der Waals surface area (Å²) in [5.74, 6) is -0.751. The molecule has 2 heterocycles. The lowest BCUT2D eigenvalue weighted by molar-refractivity contribution is 0.143. The van der Waals surface area contributed by atoms with Crippen LogP contribution in [0.5, 0.6) is 5.75 Å². The lowest BCUT2D eigenvalue weighted by Crippen LogP contribution is -2.52. The standard InChI is InChI=1S/C23H30FN3O4/c1-3-4-5-8-25-9-10-26(13-15(25)2)20-12-19-17(11-18(20)24)22(28)21(31-23(29)30)14-27(19)16-6-7-16/h11-12,14-16H,3-10,13H2,1-2H3,(H,29,30). The van der Waals surface area contributed by atoms with Crippen LogP contribution >= 0.6 is 0 Å². The third kappa shape index (κ3) is 4.54. The number of anilines is 1. The molecule has 1 N–H and O–H groups in total. The molecular formula is C23H30FN3O4. The maximum atomic E-state index is 15.1. The van der Waals surface area contributed by atoms with Crippen molar-refractivity contribution >= 4 is 22.7 Å². The Hall–Kier alpha value is -2.61. The monoisotopic (exact) mass is 431 g/mol. The third-order valence-corrected chi connectivity index (χ3v) is 6.36. The summed E-state index contributed by atoms with van der Waals surface area (Å²) in [7, 11) is 0. The molecule has 0 bridgehead atoms. The Kier molecular flexibility index (Phi) is 6.18. The van der Waals surface area contributed by atoms with Gasteiger partial charge < -0.3 is 19.3 Å². The van der Waals surface area contributed by atoms with Crippen LogP contribution in [0.2, 0.25) is 0 Å². The van der Waals surface area contributed by atoms with E-state index in [1.807, 2.05) is 4.57 Å². The molecule has 8 heteroatoms. The van der Waals surface area contributed by atoms with Crippen LogP contribution in [0.4, 0.5) is 14.9 Å². The molecule has 0 radical (unpaired) electrons. The molecule has 168 valence electrons. The van der Waals surface area contributed by atoms with Crippen LogP contribution in [-0.4, -0.2) is 52.9 Å². The zero-order valence-electron chi connectivity index (χ0n) is 18.1. The largest absolute Gasteiger partial charge is 0.511 e. The number of rotatable bonds is 7. The second kappa shape index (κ2) is 8.86. The van der Waals surface area contributed by atoms with Crippen LogP contribution in [0.3, 0.4) is 0 Å². The second-order valence-electron chi connectivity index (χ2n) is 8.69. The summed E-state index contributed by atoms with van der Waals surface area (Å²) in [5.41, 5.74) is 0.516. The SMILES string of the molecule is CCCCCN1CCN(c2cc3c(cc2F)c(=O)c(OC(=O)O)cn3C2CC2)CC1C. The van der Waals surface area contributed by atoms with E-state index in [0.29, 0.717) is 17.2 Å². The molecule has 2 fully saturated rings. The molecule has 2 aliphatic rings. The highest BCUT2D eigenvalue weighted by molar-refractivity contribution is 5.85. The van der Waals surface area contributed by atoms with Gasteiger partial charge in [0.15, 0.2) is 5.75 Å². The topological polar surface area (TPSA) is 75.0 Å². The van der Waals surface area contributed by atoms with E-state index in [9.17, 15) is 9.59 Å². The Morgan fingerprint density at radius 3 is 2.68 bits per heavy atom. The van der Waals surface area contributed by atoms with Gasteiger partial charge >= 0.3 is 6.16 Å². The molecule has 1 aliphatic heterocycles. The minimum absolute atomic E-state index is 0.151. The molecule has 1 atom stereocenters. The lowest BCUT2D eigenvalue weighted by atomic mass is 10.1. The maximum Gasteiger partial charge on any atom is 0.511 e. The number of unbranched alkanes of at least 4 members (excludes halogenated alkanes) is 2. The quantitative estimate of drug-likeness (QED) is 0.522. The predicted octanol–water partition coefficient (Wildman–Crippen LogP) is 4.23. The molecule has 1 aromatic carbocycles. The molecule has 0 spiro atoms. The summed E-state index contributed by atoms with van der Waals surface area (Å²) in [6, 6.07) is 3.47. The highest BCUT2D eigenvalue weighted by Crippen LogP contribution is 2.39. The average molecular weight is 432 g/mol. The first-order valence-electron chi connectivity index (χ1n) is 11.2. The van der Waals surface area contributed by atoms with Crippen molar-refractivity contribution in [1.82, 2.24) is 9.47 Å². The zero-order chi connectivity index (χ0) is 22.1. The first-order chi connectivity index (χ1) is 14.9. The molecule has 7 nitrogen and oxygen atoms in total. The Bertz CT molecular complexity index is 1030. The van der Waals surface area contributed by atoms with Crippen molar-refractivity contribution in [3.05, 3.63) is 34.4 Å². The Morgan fingerprint density at radius 2 is 2.03 bits per heavy atom. The molecule has 1 aromatic heterocycles. The molecule has 4 rings (SSSR count). The van der Waals surface area contributed by atoms with Crippen LogP contribution in [0, 0.1) is 5.82 Å². The predicted molar refractivity (Wildman–Crippen MR) is 118 cm³/mol. The minimum atomic E-state index is -1.55. The number of carbonyl (C=O) groups is 1. The van der Waals surface area contributed by atoms with Crippen molar-refractivity contribution < 1.29 is 19.0 Å². The van der Waals surface area contributed by atoms with Crippen LogP contribution in [0.15, 0.2) is 23.1 Å². The number of hydrogen-bond acceptors (Lipinski definition) is 5. The highest BCUT2D eigenvalue weighted by Gasteiger charge is 2.29. The van der Waals surface area contributed by atoms with E-state index >= 15 is 4.39 Å². The summed E-state index contributed by atoms with van der Waals surface area (Å²) in [4.78, 5) is 28.2. The maximum absolute atomic E-state index is 15.1. The number of benzene rings is 1. The van der Waals surface area contributed by atoms with Crippen molar-refractivity contribution in [3.63, 3.8) is 0 Å². The summed E-state index contributed by atoms with van der Waals surface area (Å²) in [5, 5.41) is 9.09. The molecule has 1 saturated heterocycles. The van der Waals surface area contributed by atoms with Crippen molar-refractivity contribution in [3.8, 4) is 5.75 Å². The van der Waals surface area contributed by atoms with E-state index in [-0.39, 0.29) is 17.2 Å². The smallest absolute Gasteiger partial charge is 0.449 e. The van der Waals surface area contributed by atoms with E-state index in [1.54, 1.807) is 6.07 Å². The number of pyridine rings is 1. The fraction of sp³-hybridized carbons (Fsp3) is 0.565. The number of fused-ring (bicyclic) bond motifs is 1. The second-order valence-corrected chi connectivity index (χ2v) is 8.69. The van der Waals surface area contributed by atoms with Gasteiger partial charge in [0.25, 0.3) is 0 Å². The third-order valence-electron chi connectivity index (χ3n) is 6.36. The van der Waals surface area contributed by atoms with Gasteiger partial charge in [-0.05, 0) is 44.9 Å². The number of piperazine rings is 1. The lowest BCUT2D eigenvalue weighted by Gasteiger charge is -2.41. The first kappa shape index (κ1) is 21.6. The molecular weight excluding hydrogens is 401 g/mol. The van der Waals surface area contributed by atoms with Crippen LogP contribution in [-0.2, 0) is 0 Å². The van der Waals surface area contributed by atoms with Gasteiger partial charge in [-0.25, -0.2) is 9.18 Å². The summed E-state index contributed by atoms with van der Waals surface area (Å²) in [6.45, 7) is 7.77. The van der Waals surface area contributed by atoms with Crippen molar-refractivity contribution in [1.29, 1.82) is 0 Å². The van der Waals surface area contributed by atoms with E-state index in [0.717, 1.165) is 39.0 Å². The highest BCUT2D eigenvalue weighted by atomic mass is 19.1. The van der Waals surface area contributed by atoms with Crippen LogP contribution in [0.25, 0.3) is 10.9 Å². The molecule has 1 aliphatic carbocycles. The number of carboxylic acid groups (broad SMARTS) is 1. The first-order valence-corrected chi connectivity index (χ1v) is 11.2. The van der Waals surface area contributed by atoms with Gasteiger partial charge in [0, 0.05) is 31.7 Å². The van der Waals surface area contributed by atoms with Gasteiger partial charge in [0.05, 0.1) is 22.8 Å². The van der Waals surface area contributed by atoms with Gasteiger partial charge in [-0.15, -0.1) is 0 Å². The average Bonchev–Trinajstić information content (AvgIpc) is 3.56. The number of hydrogen-bond donors (Lipinski definition) is 1. The van der Waals surface area contributed by atoms with Crippen molar-refractivity contribution in [2.45, 2.75) is 58.0 Å². The summed E-state index contributed by atoms with van der Waals surface area (Å²) < 4.78 is 21.7. The van der Waals surface area contributed by atoms with Crippen LogP contribution < -0.4 is 15.1 Å². The van der Waals surface area contributed by atoms with E-state index < -0.39 is 17.4 Å². The molecule has 1 saturated carbocycles. The fourth-order valence-electron chi connectivity index (χ4n) is 4.51. The molecule has 31 heavy (non-hydrogen) atoms. The molecule has 2 aromatic rings. The van der Waals surface area contributed by atoms with Gasteiger partial charge in [-0.2, -0.15) is 0 Å². The number of halogens is 1. The Labute approximate surface area is 181 Å². The van der Waals surface area contributed by atoms with Crippen LogP contribution in [0.1, 0.15) is 52.0 Å². The fourth-order valence-corrected chi connectivity index (χ4v) is 4.51. The van der Waals surface area contributed by atoms with Gasteiger partial charge in [-0.3, -0.25) is 9.69 Å². The number of ether oxygens (including phenoxy) is 1. The Balaban J connectivity index is 1.66. The van der Waals surface area contributed by atoms with Gasteiger partial charge in [0.1, 0.15) is 5.82 Å². The van der Waals surface area contributed by atoms with Gasteiger partial charge in [0.2, 0.25) is 5.43 Å². The number of aromatic nitrogens is 1.